The Morgan fingerprint density at radius 1 is 1.55 bits per heavy atom. The molecule has 1 aliphatic carbocycles. The maximum absolute atomic E-state index is 12.0. The van der Waals surface area contributed by atoms with Gasteiger partial charge >= 0.3 is 5.82 Å². The minimum Gasteiger partial charge on any atom is -0.358 e. The second-order valence-electron chi connectivity index (χ2n) is 5.57. The zero-order valence-electron chi connectivity index (χ0n) is 11.8. The Morgan fingerprint density at radius 3 is 2.95 bits per heavy atom. The fourth-order valence-corrected chi connectivity index (χ4v) is 2.72. The van der Waals surface area contributed by atoms with Crippen LogP contribution < -0.4 is 5.32 Å². The van der Waals surface area contributed by atoms with Crippen LogP contribution in [0.5, 0.6) is 0 Å². The van der Waals surface area contributed by atoms with Crippen LogP contribution in [-0.2, 0) is 11.3 Å². The molecule has 3 atom stereocenters. The summed E-state index contributed by atoms with van der Waals surface area (Å²) in [6.07, 6.45) is 4.78. The third-order valence-corrected chi connectivity index (χ3v) is 4.17. The summed E-state index contributed by atoms with van der Waals surface area (Å²) in [6.45, 7) is 4.39. The maximum atomic E-state index is 12.0. The summed E-state index contributed by atoms with van der Waals surface area (Å²) in [5, 5.41) is 17.3. The molecule has 1 aromatic heterocycles. The topological polar surface area (TPSA) is 90.1 Å². The molecule has 0 aromatic carbocycles. The van der Waals surface area contributed by atoms with E-state index in [1.54, 1.807) is 0 Å². The molecule has 1 aliphatic rings. The van der Waals surface area contributed by atoms with Gasteiger partial charge in [-0.2, -0.15) is 4.68 Å². The highest BCUT2D eigenvalue weighted by Crippen LogP contribution is 2.29. The highest BCUT2D eigenvalue weighted by atomic mass is 16.6. The van der Waals surface area contributed by atoms with Gasteiger partial charge in [-0.1, -0.05) is 26.7 Å². The third kappa shape index (κ3) is 3.34. The predicted octanol–water partition coefficient (Wildman–Crippen LogP) is 1.73. The van der Waals surface area contributed by atoms with Gasteiger partial charge in [0, 0.05) is 6.04 Å². The quantitative estimate of drug-likeness (QED) is 0.671. The average molecular weight is 280 g/mol. The molecule has 0 saturated heterocycles. The van der Waals surface area contributed by atoms with E-state index in [2.05, 4.69) is 24.3 Å². The van der Waals surface area contributed by atoms with Gasteiger partial charge in [0.05, 0.1) is 17.4 Å². The van der Waals surface area contributed by atoms with E-state index in [0.717, 1.165) is 12.8 Å². The maximum Gasteiger partial charge on any atom is 0.389 e. The fourth-order valence-electron chi connectivity index (χ4n) is 2.72. The van der Waals surface area contributed by atoms with Crippen LogP contribution in [0.25, 0.3) is 0 Å². The lowest BCUT2D eigenvalue weighted by atomic mass is 9.78. The van der Waals surface area contributed by atoms with Crippen LogP contribution in [0.3, 0.4) is 0 Å². The van der Waals surface area contributed by atoms with Gasteiger partial charge in [-0.25, -0.2) is 0 Å². The van der Waals surface area contributed by atoms with E-state index in [1.165, 1.54) is 23.4 Å². The van der Waals surface area contributed by atoms with Crippen molar-refractivity contribution < 1.29 is 9.72 Å². The lowest BCUT2D eigenvalue weighted by molar-refractivity contribution is -0.389. The zero-order valence-corrected chi connectivity index (χ0v) is 11.8. The fraction of sp³-hybridized carbons (Fsp3) is 0.692. The number of nitro groups is 1. The number of hydrogen-bond acceptors (Lipinski definition) is 4. The molecule has 7 heteroatoms. The Bertz CT molecular complexity index is 500. The zero-order chi connectivity index (χ0) is 14.7. The second kappa shape index (κ2) is 6.02. The first kappa shape index (κ1) is 14.5. The van der Waals surface area contributed by atoms with Crippen molar-refractivity contribution in [3.8, 4) is 0 Å². The summed E-state index contributed by atoms with van der Waals surface area (Å²) in [7, 11) is 0. The van der Waals surface area contributed by atoms with Crippen molar-refractivity contribution in [2.75, 3.05) is 0 Å². The highest BCUT2D eigenvalue weighted by molar-refractivity contribution is 5.76. The van der Waals surface area contributed by atoms with Gasteiger partial charge in [-0.15, -0.1) is 0 Å². The summed E-state index contributed by atoms with van der Waals surface area (Å²) in [5.74, 6) is 0.686. The van der Waals surface area contributed by atoms with Crippen molar-refractivity contribution in [2.24, 2.45) is 11.8 Å². The minimum absolute atomic E-state index is 0.0193. The van der Waals surface area contributed by atoms with Gasteiger partial charge in [-0.05, 0) is 23.2 Å². The summed E-state index contributed by atoms with van der Waals surface area (Å²) in [4.78, 5) is 21.9. The SMILES string of the molecule is C[C@@H]1[C@H](C)CCC[C@@H]1NC(=O)Cn1ccc([N+](=O)[O-])n1. The molecule has 1 heterocycles. The van der Waals surface area contributed by atoms with Crippen molar-refractivity contribution in [3.05, 3.63) is 22.4 Å². The number of nitrogens with one attached hydrogen (secondary N) is 1. The molecule has 20 heavy (non-hydrogen) atoms. The molecular weight excluding hydrogens is 260 g/mol. The Morgan fingerprint density at radius 2 is 2.30 bits per heavy atom. The van der Waals surface area contributed by atoms with E-state index >= 15 is 0 Å². The number of amides is 1. The van der Waals surface area contributed by atoms with Crippen molar-refractivity contribution in [3.63, 3.8) is 0 Å². The first-order chi connectivity index (χ1) is 9.47. The Hall–Kier alpha value is -1.92. The molecule has 1 fully saturated rings. The number of rotatable bonds is 4. The van der Waals surface area contributed by atoms with E-state index < -0.39 is 4.92 Å². The van der Waals surface area contributed by atoms with E-state index in [4.69, 9.17) is 0 Å². The molecule has 110 valence electrons. The number of carbonyl (C=O) groups is 1. The van der Waals surface area contributed by atoms with Crippen LogP contribution in [0, 0.1) is 22.0 Å². The van der Waals surface area contributed by atoms with Gasteiger partial charge in [-0.3, -0.25) is 4.79 Å². The van der Waals surface area contributed by atoms with Gasteiger partial charge in [0.15, 0.2) is 0 Å². The number of nitrogens with zero attached hydrogens (tertiary/aromatic N) is 3. The molecule has 7 nitrogen and oxygen atoms in total. The van der Waals surface area contributed by atoms with E-state index in [1.807, 2.05) is 0 Å². The van der Waals surface area contributed by atoms with Crippen molar-refractivity contribution in [2.45, 2.75) is 45.7 Å². The van der Waals surface area contributed by atoms with E-state index in [0.29, 0.717) is 11.8 Å². The van der Waals surface area contributed by atoms with Gasteiger partial charge in [0.1, 0.15) is 6.54 Å². The molecular formula is C13H20N4O3. The summed E-state index contributed by atoms with van der Waals surface area (Å²) in [5.41, 5.74) is 0. The van der Waals surface area contributed by atoms with Crippen LogP contribution in [0.1, 0.15) is 33.1 Å². The molecule has 0 bridgehead atoms. The van der Waals surface area contributed by atoms with Gasteiger partial charge in [0.25, 0.3) is 0 Å². The first-order valence-corrected chi connectivity index (χ1v) is 6.94. The summed E-state index contributed by atoms with van der Waals surface area (Å²) >= 11 is 0. The molecule has 1 N–H and O–H groups in total. The standard InChI is InChI=1S/C13H20N4O3/c1-9-4-3-5-11(10(9)2)14-13(18)8-16-7-6-12(15-16)17(19)20/h6-7,9-11H,3-5,8H2,1-2H3,(H,14,18)/t9-,10-,11+/m1/s1. The minimum atomic E-state index is -0.570. The third-order valence-electron chi connectivity index (χ3n) is 4.17. The average Bonchev–Trinajstić information content (AvgIpc) is 2.83. The van der Waals surface area contributed by atoms with Crippen LogP contribution in [0.15, 0.2) is 12.3 Å². The second-order valence-corrected chi connectivity index (χ2v) is 5.57. The largest absolute Gasteiger partial charge is 0.389 e. The molecule has 0 aliphatic heterocycles. The van der Waals surface area contributed by atoms with E-state index in [-0.39, 0.29) is 24.3 Å². The van der Waals surface area contributed by atoms with Crippen LogP contribution in [0.2, 0.25) is 0 Å². The van der Waals surface area contributed by atoms with Gasteiger partial charge < -0.3 is 15.4 Å². The Kier molecular flexibility index (Phi) is 4.36. The molecule has 0 spiro atoms. The summed E-state index contributed by atoms with van der Waals surface area (Å²) < 4.78 is 1.30. The highest BCUT2D eigenvalue weighted by Gasteiger charge is 2.28. The normalized spacial score (nSPS) is 26.2. The lowest BCUT2D eigenvalue weighted by Gasteiger charge is -2.34. The molecule has 2 rings (SSSR count). The lowest BCUT2D eigenvalue weighted by Crippen LogP contribution is -2.44. The van der Waals surface area contributed by atoms with Crippen LogP contribution in [-0.4, -0.2) is 26.7 Å². The summed E-state index contributed by atoms with van der Waals surface area (Å²) in [6, 6.07) is 1.48. The smallest absolute Gasteiger partial charge is 0.358 e. The van der Waals surface area contributed by atoms with Crippen molar-refractivity contribution in [1.82, 2.24) is 15.1 Å². The molecule has 1 saturated carbocycles. The Balaban J connectivity index is 1.90. The van der Waals surface area contributed by atoms with Crippen LogP contribution in [0.4, 0.5) is 5.82 Å². The monoisotopic (exact) mass is 280 g/mol. The number of aromatic nitrogens is 2. The van der Waals surface area contributed by atoms with Crippen molar-refractivity contribution >= 4 is 11.7 Å². The van der Waals surface area contributed by atoms with E-state index in [9.17, 15) is 14.9 Å². The van der Waals surface area contributed by atoms with Crippen LogP contribution >= 0.6 is 0 Å². The Labute approximate surface area is 117 Å². The predicted molar refractivity (Wildman–Crippen MR) is 73.0 cm³/mol. The first-order valence-electron chi connectivity index (χ1n) is 6.94. The molecule has 0 unspecified atom stereocenters. The molecule has 1 amide bonds. The molecule has 0 radical (unpaired) electrons. The van der Waals surface area contributed by atoms with Crippen molar-refractivity contribution in [1.29, 1.82) is 0 Å². The molecule has 1 aromatic rings. The van der Waals surface area contributed by atoms with Gasteiger partial charge in [0.2, 0.25) is 5.91 Å². The number of carbonyl (C=O) groups excluding carboxylic acids is 1. The number of hydrogen-bond donors (Lipinski definition) is 1.